The minimum atomic E-state index is -0.724. The Kier molecular flexibility index (Phi) is 22.8. The predicted octanol–water partition coefficient (Wildman–Crippen LogP) is 8.33. The van der Waals surface area contributed by atoms with E-state index in [1.807, 2.05) is 13.0 Å². The highest BCUT2D eigenvalue weighted by Gasteiger charge is 2.24. The molecule has 0 aliphatic rings. The molecule has 0 spiro atoms. The average molecular weight is 667 g/mol. The van der Waals surface area contributed by atoms with Crippen molar-refractivity contribution in [2.24, 2.45) is 0 Å². The lowest BCUT2D eigenvalue weighted by atomic mass is 10.1. The third-order valence-corrected chi connectivity index (χ3v) is 8.26. The van der Waals surface area contributed by atoms with E-state index in [1.54, 1.807) is 19.1 Å². The Balaban J connectivity index is 2.54. The molecule has 0 bridgehead atoms. The van der Waals surface area contributed by atoms with Gasteiger partial charge < -0.3 is 18.9 Å². The number of benzene rings is 1. The van der Waals surface area contributed by atoms with Crippen molar-refractivity contribution in [3.63, 3.8) is 0 Å². The highest BCUT2D eigenvalue weighted by Crippen LogP contribution is 2.21. The van der Waals surface area contributed by atoms with Gasteiger partial charge in [0.05, 0.1) is 25.4 Å². The van der Waals surface area contributed by atoms with E-state index in [0.29, 0.717) is 25.0 Å². The first-order valence-corrected chi connectivity index (χ1v) is 17.7. The van der Waals surface area contributed by atoms with E-state index in [4.69, 9.17) is 18.9 Å². The summed E-state index contributed by atoms with van der Waals surface area (Å²) < 4.78 is 35.2. The number of thioether (sulfide) groups is 1. The molecule has 0 aliphatic heterocycles. The zero-order valence-electron chi connectivity index (χ0n) is 28.4. The number of carbonyl (C=O) groups excluding carboxylic acids is 4. The van der Waals surface area contributed by atoms with Crippen LogP contribution in [-0.4, -0.2) is 61.0 Å². The third kappa shape index (κ3) is 21.1. The van der Waals surface area contributed by atoms with Crippen LogP contribution < -0.4 is 0 Å². The largest absolute Gasteiger partial charge is 0.462 e. The van der Waals surface area contributed by atoms with Gasteiger partial charge in [-0.3, -0.25) is 19.2 Å². The first-order chi connectivity index (χ1) is 22.1. The zero-order valence-corrected chi connectivity index (χ0v) is 29.2. The summed E-state index contributed by atoms with van der Waals surface area (Å²) in [5.41, 5.74) is 0. The van der Waals surface area contributed by atoms with Crippen molar-refractivity contribution in [1.29, 1.82) is 0 Å². The Morgan fingerprint density at radius 3 is 2.04 bits per heavy atom. The summed E-state index contributed by atoms with van der Waals surface area (Å²) in [6.07, 6.45) is 10.4. The normalized spacial score (nSPS) is 14.0. The fourth-order valence-electron chi connectivity index (χ4n) is 4.71. The molecule has 0 fully saturated rings. The molecule has 10 heteroatoms. The maximum absolute atomic E-state index is 13.1. The number of ether oxygens (including phenoxy) is 4. The minimum absolute atomic E-state index is 0.0281. The van der Waals surface area contributed by atoms with E-state index in [2.05, 4.69) is 13.0 Å². The van der Waals surface area contributed by atoms with Gasteiger partial charge in [-0.2, -0.15) is 0 Å². The van der Waals surface area contributed by atoms with Crippen LogP contribution in [0.3, 0.4) is 0 Å². The fourth-order valence-corrected chi connectivity index (χ4v) is 5.66. The van der Waals surface area contributed by atoms with Crippen LogP contribution in [0.25, 0.3) is 0 Å². The third-order valence-electron chi connectivity index (χ3n) is 7.21. The number of methoxy groups -OCH3 is 1. The number of ketones is 1. The van der Waals surface area contributed by atoms with Gasteiger partial charge in [-0.05, 0) is 63.8 Å². The van der Waals surface area contributed by atoms with Gasteiger partial charge in [0.25, 0.3) is 0 Å². The van der Waals surface area contributed by atoms with Crippen LogP contribution in [-0.2, 0) is 38.1 Å². The number of Topliss-reactive ketones (excluding diaryl/α,β-unsaturated/α-hetero) is 1. The summed E-state index contributed by atoms with van der Waals surface area (Å²) in [5.74, 6) is -1.26. The minimum Gasteiger partial charge on any atom is -0.462 e. The average Bonchev–Trinajstić information content (AvgIpc) is 2.99. The van der Waals surface area contributed by atoms with E-state index in [1.165, 1.54) is 57.2 Å². The van der Waals surface area contributed by atoms with Gasteiger partial charge in [0.15, 0.2) is 0 Å². The zero-order chi connectivity index (χ0) is 34.2. The number of halogens is 1. The van der Waals surface area contributed by atoms with E-state index in [-0.39, 0.29) is 43.4 Å². The number of allylic oxidation sites excluding steroid dienone is 1. The summed E-state index contributed by atoms with van der Waals surface area (Å²) in [6, 6.07) is 6.21. The molecule has 0 N–H and O–H groups in total. The second-order valence-electron chi connectivity index (χ2n) is 11.7. The summed E-state index contributed by atoms with van der Waals surface area (Å²) in [4.78, 5) is 50.8. The standard InChI is InChI=1S/C36H55FO8S/c1-6-8-10-11-12-13-14-16-31(23-27(3)38)44-36(41)26-32(15-9-7-2)45-34(39)24-28(4)43-35(40)25-30(42-5)21-22-46-33-19-17-29(37)18-20-33/h13-14,17-20,28,30-32H,6-12,15-16,21-26H2,1-5H3. The van der Waals surface area contributed by atoms with Crippen molar-refractivity contribution in [2.75, 3.05) is 12.9 Å². The second-order valence-corrected chi connectivity index (χ2v) is 12.9. The molecule has 4 atom stereocenters. The Hall–Kier alpha value is -2.72. The predicted molar refractivity (Wildman–Crippen MR) is 179 cm³/mol. The van der Waals surface area contributed by atoms with Crippen molar-refractivity contribution in [3.8, 4) is 0 Å². The maximum Gasteiger partial charge on any atom is 0.309 e. The number of hydrogen-bond acceptors (Lipinski definition) is 9. The van der Waals surface area contributed by atoms with Crippen molar-refractivity contribution < 1.29 is 42.5 Å². The molecule has 8 nitrogen and oxygen atoms in total. The first kappa shape index (κ1) is 41.3. The number of esters is 3. The van der Waals surface area contributed by atoms with Crippen molar-refractivity contribution >= 4 is 35.5 Å². The van der Waals surface area contributed by atoms with E-state index < -0.39 is 36.2 Å². The lowest BCUT2D eigenvalue weighted by molar-refractivity contribution is -0.161. The molecule has 0 heterocycles. The Morgan fingerprint density at radius 2 is 1.39 bits per heavy atom. The van der Waals surface area contributed by atoms with Crippen molar-refractivity contribution in [3.05, 3.63) is 42.2 Å². The van der Waals surface area contributed by atoms with Crippen LogP contribution in [0.2, 0.25) is 0 Å². The lowest BCUT2D eigenvalue weighted by Crippen LogP contribution is -2.28. The molecule has 0 aromatic heterocycles. The number of rotatable bonds is 26. The van der Waals surface area contributed by atoms with Gasteiger partial charge >= 0.3 is 17.9 Å². The second kappa shape index (κ2) is 25.4. The van der Waals surface area contributed by atoms with Gasteiger partial charge in [-0.15, -0.1) is 11.8 Å². The molecule has 0 saturated carbocycles. The Labute approximate surface area is 279 Å². The molecule has 0 radical (unpaired) electrons. The summed E-state index contributed by atoms with van der Waals surface area (Å²) in [5, 5.41) is 0. The molecule has 1 rings (SSSR count). The number of unbranched alkanes of at least 4 members (excludes halogenated alkanes) is 5. The topological polar surface area (TPSA) is 105 Å². The quantitative estimate of drug-likeness (QED) is 0.0317. The van der Waals surface area contributed by atoms with Crippen LogP contribution in [0.1, 0.15) is 118 Å². The molecule has 4 unspecified atom stereocenters. The molecule has 0 saturated heterocycles. The fraction of sp³-hybridized carbons (Fsp3) is 0.667. The van der Waals surface area contributed by atoms with E-state index in [9.17, 15) is 23.6 Å². The SMILES string of the molecule is CCCCCCC=CCC(CC(C)=O)OC(=O)CC(CCCC)OC(=O)CC(C)OC(=O)CC(CCSc1ccc(F)cc1)OC. The Morgan fingerprint density at radius 1 is 0.761 bits per heavy atom. The van der Waals surface area contributed by atoms with Crippen molar-refractivity contribution in [1.82, 2.24) is 0 Å². The van der Waals surface area contributed by atoms with Crippen LogP contribution >= 0.6 is 11.8 Å². The van der Waals surface area contributed by atoms with Gasteiger partial charge in [-0.1, -0.05) is 58.1 Å². The molecule has 260 valence electrons. The molecular weight excluding hydrogens is 611 g/mol. The van der Waals surface area contributed by atoms with E-state index >= 15 is 0 Å². The van der Waals surface area contributed by atoms with Crippen molar-refractivity contribution in [2.45, 2.75) is 147 Å². The highest BCUT2D eigenvalue weighted by atomic mass is 32.2. The van der Waals surface area contributed by atoms with Crippen LogP contribution in [0.5, 0.6) is 0 Å². The molecular formula is C36H55FO8S. The summed E-state index contributed by atoms with van der Waals surface area (Å²) >= 11 is 1.54. The lowest BCUT2D eigenvalue weighted by Gasteiger charge is -2.21. The van der Waals surface area contributed by atoms with Gasteiger partial charge in [-0.25, -0.2) is 4.39 Å². The Bertz CT molecular complexity index is 1040. The smallest absolute Gasteiger partial charge is 0.309 e. The van der Waals surface area contributed by atoms with Gasteiger partial charge in [0.1, 0.15) is 29.9 Å². The molecule has 0 amide bonds. The van der Waals surface area contributed by atoms with Crippen LogP contribution in [0.4, 0.5) is 4.39 Å². The first-order valence-electron chi connectivity index (χ1n) is 16.7. The molecule has 0 aliphatic carbocycles. The number of carbonyl (C=O) groups is 4. The monoisotopic (exact) mass is 666 g/mol. The van der Waals surface area contributed by atoms with Gasteiger partial charge in [0.2, 0.25) is 0 Å². The van der Waals surface area contributed by atoms with Crippen LogP contribution in [0, 0.1) is 5.82 Å². The highest BCUT2D eigenvalue weighted by molar-refractivity contribution is 7.99. The van der Waals surface area contributed by atoms with Gasteiger partial charge in [0, 0.05) is 30.6 Å². The summed E-state index contributed by atoms with van der Waals surface area (Å²) in [7, 11) is 1.53. The van der Waals surface area contributed by atoms with E-state index in [0.717, 1.165) is 30.6 Å². The molecule has 1 aromatic rings. The molecule has 1 aromatic carbocycles. The number of hydrogen-bond donors (Lipinski definition) is 0. The molecule has 46 heavy (non-hydrogen) atoms. The van der Waals surface area contributed by atoms with Crippen LogP contribution in [0.15, 0.2) is 41.3 Å². The summed E-state index contributed by atoms with van der Waals surface area (Å²) in [6.45, 7) is 7.26. The maximum atomic E-state index is 13.1.